The molecule has 0 saturated carbocycles. The third kappa shape index (κ3) is 10.7. The third-order valence-corrected chi connectivity index (χ3v) is 3.94. The smallest absolute Gasteiger partial charge is 0.191 e. The molecule has 6 heteroatoms. The van der Waals surface area contributed by atoms with Crippen LogP contribution in [0.1, 0.15) is 30.9 Å². The first-order valence-electron chi connectivity index (χ1n) is 8.83. The summed E-state index contributed by atoms with van der Waals surface area (Å²) >= 11 is 0. The second-order valence-corrected chi connectivity index (χ2v) is 6.26. The lowest BCUT2D eigenvalue weighted by molar-refractivity contribution is 0.162. The summed E-state index contributed by atoms with van der Waals surface area (Å²) in [6.07, 6.45) is 0. The van der Waals surface area contributed by atoms with E-state index in [0.29, 0.717) is 5.92 Å². The second kappa shape index (κ2) is 14.3. The Hall–Kier alpha value is -0.860. The average molecular weight is 462 g/mol. The molecule has 0 amide bonds. The topological polar surface area (TPSA) is 48.9 Å². The molecule has 144 valence electrons. The number of rotatable bonds is 10. The number of benzene rings is 1. The van der Waals surface area contributed by atoms with Crippen molar-refractivity contribution >= 4 is 29.9 Å². The van der Waals surface area contributed by atoms with Crippen LogP contribution in [0.3, 0.4) is 0 Å². The maximum Gasteiger partial charge on any atom is 0.191 e. The quantitative estimate of drug-likeness (QED) is 0.319. The van der Waals surface area contributed by atoms with Crippen molar-refractivity contribution in [2.75, 3.05) is 53.5 Å². The third-order valence-electron chi connectivity index (χ3n) is 3.94. The molecule has 0 spiro atoms. The summed E-state index contributed by atoms with van der Waals surface area (Å²) in [6.45, 7) is 11.6. The van der Waals surface area contributed by atoms with Crippen LogP contribution in [-0.2, 0) is 4.74 Å². The zero-order valence-corrected chi connectivity index (χ0v) is 18.7. The number of ether oxygens (including phenoxy) is 1. The van der Waals surface area contributed by atoms with Crippen LogP contribution in [0, 0.1) is 6.92 Å². The lowest BCUT2D eigenvalue weighted by Crippen LogP contribution is -2.41. The van der Waals surface area contributed by atoms with E-state index in [-0.39, 0.29) is 24.0 Å². The number of hydrogen-bond donors (Lipinski definition) is 2. The molecular weight excluding hydrogens is 427 g/mol. The molecule has 0 saturated heterocycles. The SMILES string of the molecule is CCNC(=NCC(C)c1cccc(C)c1)NCCN(C)CCOC.I. The van der Waals surface area contributed by atoms with Crippen molar-refractivity contribution in [3.05, 3.63) is 35.4 Å². The molecule has 1 atom stereocenters. The number of nitrogens with one attached hydrogen (secondary N) is 2. The van der Waals surface area contributed by atoms with Crippen LogP contribution in [0.4, 0.5) is 0 Å². The molecule has 1 unspecified atom stereocenters. The van der Waals surface area contributed by atoms with Crippen LogP contribution in [0.5, 0.6) is 0 Å². The minimum Gasteiger partial charge on any atom is -0.383 e. The van der Waals surface area contributed by atoms with Gasteiger partial charge in [0.1, 0.15) is 0 Å². The van der Waals surface area contributed by atoms with Gasteiger partial charge in [-0.25, -0.2) is 0 Å². The molecule has 1 aromatic carbocycles. The summed E-state index contributed by atoms with van der Waals surface area (Å²) in [5.74, 6) is 1.29. The van der Waals surface area contributed by atoms with Gasteiger partial charge in [0, 0.05) is 45.8 Å². The highest BCUT2D eigenvalue weighted by Crippen LogP contribution is 2.16. The van der Waals surface area contributed by atoms with Gasteiger partial charge in [-0.2, -0.15) is 0 Å². The van der Waals surface area contributed by atoms with E-state index in [1.807, 2.05) is 0 Å². The Kier molecular flexibility index (Phi) is 13.8. The molecule has 1 aromatic rings. The molecule has 0 aliphatic carbocycles. The zero-order valence-electron chi connectivity index (χ0n) is 16.3. The lowest BCUT2D eigenvalue weighted by atomic mass is 10.00. The first-order valence-corrected chi connectivity index (χ1v) is 8.83. The van der Waals surface area contributed by atoms with Crippen molar-refractivity contribution in [2.24, 2.45) is 4.99 Å². The molecule has 0 aliphatic heterocycles. The number of aliphatic imine (C=N–C) groups is 1. The van der Waals surface area contributed by atoms with Crippen LogP contribution in [-0.4, -0.2) is 64.3 Å². The van der Waals surface area contributed by atoms with E-state index in [1.54, 1.807) is 7.11 Å². The highest BCUT2D eigenvalue weighted by molar-refractivity contribution is 14.0. The minimum atomic E-state index is 0. The van der Waals surface area contributed by atoms with Gasteiger partial charge >= 0.3 is 0 Å². The van der Waals surface area contributed by atoms with E-state index < -0.39 is 0 Å². The van der Waals surface area contributed by atoms with Gasteiger partial charge in [0.25, 0.3) is 0 Å². The molecule has 0 heterocycles. The molecule has 0 fully saturated rings. The monoisotopic (exact) mass is 462 g/mol. The van der Waals surface area contributed by atoms with Crippen molar-refractivity contribution in [1.82, 2.24) is 15.5 Å². The predicted octanol–water partition coefficient (Wildman–Crippen LogP) is 2.85. The summed E-state index contributed by atoms with van der Waals surface area (Å²) in [7, 11) is 3.84. The molecule has 5 nitrogen and oxygen atoms in total. The summed E-state index contributed by atoms with van der Waals surface area (Å²) < 4.78 is 5.10. The van der Waals surface area contributed by atoms with E-state index in [0.717, 1.165) is 45.3 Å². The van der Waals surface area contributed by atoms with Gasteiger partial charge in [0.15, 0.2) is 5.96 Å². The highest BCUT2D eigenvalue weighted by atomic mass is 127. The first-order chi connectivity index (χ1) is 11.6. The van der Waals surface area contributed by atoms with E-state index in [2.05, 4.69) is 67.6 Å². The maximum absolute atomic E-state index is 5.10. The number of guanidine groups is 1. The van der Waals surface area contributed by atoms with E-state index in [1.165, 1.54) is 11.1 Å². The van der Waals surface area contributed by atoms with E-state index in [4.69, 9.17) is 9.73 Å². The van der Waals surface area contributed by atoms with Gasteiger partial charge in [-0.3, -0.25) is 4.99 Å². The Balaban J connectivity index is 0.00000576. The van der Waals surface area contributed by atoms with Gasteiger partial charge in [0.05, 0.1) is 6.61 Å². The van der Waals surface area contributed by atoms with E-state index >= 15 is 0 Å². The normalized spacial score (nSPS) is 12.6. The van der Waals surface area contributed by atoms with Crippen LogP contribution < -0.4 is 10.6 Å². The van der Waals surface area contributed by atoms with Crippen molar-refractivity contribution in [3.8, 4) is 0 Å². The fourth-order valence-corrected chi connectivity index (χ4v) is 2.38. The molecule has 0 radical (unpaired) electrons. The predicted molar refractivity (Wildman–Crippen MR) is 118 cm³/mol. The maximum atomic E-state index is 5.10. The Morgan fingerprint density at radius 2 is 2.04 bits per heavy atom. The molecule has 25 heavy (non-hydrogen) atoms. The summed E-state index contributed by atoms with van der Waals surface area (Å²) in [5, 5.41) is 6.72. The van der Waals surface area contributed by atoms with Crippen molar-refractivity contribution in [3.63, 3.8) is 0 Å². The molecule has 0 aliphatic rings. The highest BCUT2D eigenvalue weighted by Gasteiger charge is 2.06. The number of methoxy groups -OCH3 is 1. The fraction of sp³-hybridized carbons (Fsp3) is 0.632. The van der Waals surface area contributed by atoms with Gasteiger partial charge in [-0.15, -0.1) is 24.0 Å². The van der Waals surface area contributed by atoms with Crippen molar-refractivity contribution < 1.29 is 4.74 Å². The standard InChI is InChI=1S/C19H34N4O.HI/c1-6-20-19(21-10-11-23(4)12-13-24-5)22-15-17(3)18-9-7-8-16(2)14-18;/h7-9,14,17H,6,10-13,15H2,1-5H3,(H2,20,21,22);1H. The number of nitrogens with zero attached hydrogens (tertiary/aromatic N) is 2. The summed E-state index contributed by atoms with van der Waals surface area (Å²) in [5.41, 5.74) is 2.64. The number of likely N-dealkylation sites (N-methyl/N-ethyl adjacent to an activating group) is 1. The van der Waals surface area contributed by atoms with Crippen molar-refractivity contribution in [2.45, 2.75) is 26.7 Å². The molecule has 0 bridgehead atoms. The minimum absolute atomic E-state index is 0. The number of aryl methyl sites for hydroxylation is 1. The summed E-state index contributed by atoms with van der Waals surface area (Å²) in [6, 6.07) is 8.67. The van der Waals surface area contributed by atoms with Crippen LogP contribution in [0.2, 0.25) is 0 Å². The fourth-order valence-electron chi connectivity index (χ4n) is 2.38. The van der Waals surface area contributed by atoms with Gasteiger partial charge < -0.3 is 20.3 Å². The molecular formula is C19H35IN4O. The Morgan fingerprint density at radius 3 is 2.68 bits per heavy atom. The number of halogens is 1. The largest absolute Gasteiger partial charge is 0.383 e. The van der Waals surface area contributed by atoms with Crippen LogP contribution in [0.15, 0.2) is 29.3 Å². The Bertz CT molecular complexity index is 496. The lowest BCUT2D eigenvalue weighted by Gasteiger charge is -2.18. The first kappa shape index (κ1) is 24.1. The van der Waals surface area contributed by atoms with Crippen LogP contribution in [0.25, 0.3) is 0 Å². The Morgan fingerprint density at radius 1 is 1.28 bits per heavy atom. The zero-order chi connectivity index (χ0) is 17.8. The second-order valence-electron chi connectivity index (χ2n) is 6.26. The van der Waals surface area contributed by atoms with Crippen molar-refractivity contribution in [1.29, 1.82) is 0 Å². The van der Waals surface area contributed by atoms with Crippen LogP contribution >= 0.6 is 24.0 Å². The van der Waals surface area contributed by atoms with Gasteiger partial charge in [0.2, 0.25) is 0 Å². The van der Waals surface area contributed by atoms with E-state index in [9.17, 15) is 0 Å². The summed E-state index contributed by atoms with van der Waals surface area (Å²) in [4.78, 5) is 6.98. The molecule has 2 N–H and O–H groups in total. The van der Waals surface area contributed by atoms with Gasteiger partial charge in [-0.1, -0.05) is 36.8 Å². The average Bonchev–Trinajstić information content (AvgIpc) is 2.57. The molecule has 0 aromatic heterocycles. The Labute approximate surface area is 170 Å². The van der Waals surface area contributed by atoms with Gasteiger partial charge in [-0.05, 0) is 26.5 Å². The molecule has 1 rings (SSSR count). The number of hydrogen-bond acceptors (Lipinski definition) is 3.